The van der Waals surface area contributed by atoms with E-state index in [1.807, 2.05) is 13.0 Å². The molecule has 1 aromatic rings. The maximum absolute atomic E-state index is 8.81. The summed E-state index contributed by atoms with van der Waals surface area (Å²) < 4.78 is 5.47. The van der Waals surface area contributed by atoms with Gasteiger partial charge >= 0.3 is 0 Å². The van der Waals surface area contributed by atoms with Crippen molar-refractivity contribution in [2.45, 2.75) is 19.1 Å². The SMILES string of the molecule is CC1Nc2ccc(Cl)cc2OC1C#N. The highest BCUT2D eigenvalue weighted by Crippen LogP contribution is 2.33. The highest BCUT2D eigenvalue weighted by Gasteiger charge is 2.25. The monoisotopic (exact) mass is 208 g/mol. The highest BCUT2D eigenvalue weighted by atomic mass is 35.5. The van der Waals surface area contributed by atoms with Gasteiger partial charge in [0.2, 0.25) is 6.10 Å². The molecule has 0 radical (unpaired) electrons. The van der Waals surface area contributed by atoms with Crippen molar-refractivity contribution in [3.63, 3.8) is 0 Å². The van der Waals surface area contributed by atoms with Gasteiger partial charge in [0, 0.05) is 11.1 Å². The van der Waals surface area contributed by atoms with Crippen molar-refractivity contribution in [2.75, 3.05) is 5.32 Å². The standard InChI is InChI=1S/C10H9ClN2O/c1-6-10(5-12)14-9-4-7(11)2-3-8(9)13-6/h2-4,6,10,13H,1H3. The zero-order chi connectivity index (χ0) is 10.1. The van der Waals surface area contributed by atoms with Gasteiger partial charge in [0.15, 0.2) is 0 Å². The number of hydrogen-bond acceptors (Lipinski definition) is 3. The van der Waals surface area contributed by atoms with E-state index in [9.17, 15) is 0 Å². The molecule has 3 nitrogen and oxygen atoms in total. The highest BCUT2D eigenvalue weighted by molar-refractivity contribution is 6.30. The lowest BCUT2D eigenvalue weighted by Gasteiger charge is -2.28. The molecule has 72 valence electrons. The van der Waals surface area contributed by atoms with E-state index in [-0.39, 0.29) is 6.04 Å². The van der Waals surface area contributed by atoms with Crippen LogP contribution in [0.5, 0.6) is 5.75 Å². The first-order valence-corrected chi connectivity index (χ1v) is 4.71. The second kappa shape index (κ2) is 3.39. The first-order valence-electron chi connectivity index (χ1n) is 4.33. The largest absolute Gasteiger partial charge is 0.471 e. The fourth-order valence-electron chi connectivity index (χ4n) is 1.41. The van der Waals surface area contributed by atoms with E-state index in [2.05, 4.69) is 11.4 Å². The first kappa shape index (κ1) is 9.17. The molecule has 0 spiro atoms. The Labute approximate surface area is 87.2 Å². The number of nitriles is 1. The van der Waals surface area contributed by atoms with Crippen LogP contribution in [-0.4, -0.2) is 12.1 Å². The van der Waals surface area contributed by atoms with Gasteiger partial charge in [0.05, 0.1) is 11.7 Å². The van der Waals surface area contributed by atoms with Gasteiger partial charge in [-0.3, -0.25) is 0 Å². The van der Waals surface area contributed by atoms with Crippen molar-refractivity contribution in [1.82, 2.24) is 0 Å². The summed E-state index contributed by atoms with van der Waals surface area (Å²) in [6, 6.07) is 7.43. The molecule has 4 heteroatoms. The molecular weight excluding hydrogens is 200 g/mol. The Morgan fingerprint density at radius 2 is 2.36 bits per heavy atom. The molecule has 0 saturated heterocycles. The molecule has 2 atom stereocenters. The summed E-state index contributed by atoms with van der Waals surface area (Å²) in [6.45, 7) is 1.91. The Kier molecular flexibility index (Phi) is 2.22. The van der Waals surface area contributed by atoms with Crippen molar-refractivity contribution in [3.05, 3.63) is 23.2 Å². The number of hydrogen-bond donors (Lipinski definition) is 1. The molecule has 1 aliphatic heterocycles. The summed E-state index contributed by atoms with van der Waals surface area (Å²) >= 11 is 5.81. The molecule has 0 amide bonds. The normalized spacial score (nSPS) is 24.1. The van der Waals surface area contributed by atoms with E-state index in [0.29, 0.717) is 10.8 Å². The Morgan fingerprint density at radius 1 is 1.57 bits per heavy atom. The summed E-state index contributed by atoms with van der Waals surface area (Å²) in [5.74, 6) is 0.641. The van der Waals surface area contributed by atoms with Crippen LogP contribution in [0.25, 0.3) is 0 Å². The smallest absolute Gasteiger partial charge is 0.204 e. The maximum Gasteiger partial charge on any atom is 0.204 e. The number of fused-ring (bicyclic) bond motifs is 1. The summed E-state index contributed by atoms with van der Waals surface area (Å²) in [5.41, 5.74) is 0.883. The van der Waals surface area contributed by atoms with Crippen LogP contribution >= 0.6 is 11.6 Å². The average Bonchev–Trinajstić information content (AvgIpc) is 2.17. The van der Waals surface area contributed by atoms with Crippen molar-refractivity contribution in [1.29, 1.82) is 5.26 Å². The van der Waals surface area contributed by atoms with Gasteiger partial charge in [-0.05, 0) is 19.1 Å². The van der Waals surface area contributed by atoms with Crippen molar-refractivity contribution in [2.24, 2.45) is 0 Å². The number of anilines is 1. The second-order valence-corrected chi connectivity index (χ2v) is 3.68. The molecule has 1 heterocycles. The Bertz CT molecular complexity index is 400. The van der Waals surface area contributed by atoms with E-state index in [4.69, 9.17) is 21.6 Å². The number of nitrogens with zero attached hydrogens (tertiary/aromatic N) is 1. The van der Waals surface area contributed by atoms with Crippen LogP contribution in [0.15, 0.2) is 18.2 Å². The van der Waals surface area contributed by atoms with E-state index < -0.39 is 6.10 Å². The Morgan fingerprint density at radius 3 is 3.07 bits per heavy atom. The molecule has 2 unspecified atom stereocenters. The van der Waals surface area contributed by atoms with Gasteiger partial charge in [0.25, 0.3) is 0 Å². The molecule has 2 rings (SSSR count). The number of nitrogens with one attached hydrogen (secondary N) is 1. The van der Waals surface area contributed by atoms with Crippen LogP contribution < -0.4 is 10.1 Å². The fourth-order valence-corrected chi connectivity index (χ4v) is 1.57. The van der Waals surface area contributed by atoms with Gasteiger partial charge in [-0.15, -0.1) is 0 Å². The molecular formula is C10H9ClN2O. The molecule has 0 saturated carbocycles. The zero-order valence-electron chi connectivity index (χ0n) is 7.62. The van der Waals surface area contributed by atoms with Crippen LogP contribution in [0.4, 0.5) is 5.69 Å². The Hall–Kier alpha value is -1.40. The van der Waals surface area contributed by atoms with Gasteiger partial charge in [0.1, 0.15) is 11.8 Å². The lowest BCUT2D eigenvalue weighted by Crippen LogP contribution is -2.38. The van der Waals surface area contributed by atoms with Gasteiger partial charge in [-0.1, -0.05) is 11.6 Å². The minimum Gasteiger partial charge on any atom is -0.471 e. The predicted octanol–water partition coefficient (Wildman–Crippen LogP) is 2.42. The summed E-state index contributed by atoms with van der Waals surface area (Å²) in [6.07, 6.45) is -0.457. The van der Waals surface area contributed by atoms with Gasteiger partial charge < -0.3 is 10.1 Å². The average molecular weight is 209 g/mol. The topological polar surface area (TPSA) is 45.0 Å². The molecule has 0 aliphatic carbocycles. The lowest BCUT2D eigenvalue weighted by atomic mass is 10.1. The van der Waals surface area contributed by atoms with Crippen LogP contribution in [0.2, 0.25) is 5.02 Å². The van der Waals surface area contributed by atoms with Crippen LogP contribution in [0, 0.1) is 11.3 Å². The van der Waals surface area contributed by atoms with Crippen LogP contribution in [-0.2, 0) is 0 Å². The number of benzene rings is 1. The van der Waals surface area contributed by atoms with E-state index in [1.54, 1.807) is 12.1 Å². The van der Waals surface area contributed by atoms with E-state index >= 15 is 0 Å². The Balaban J connectivity index is 2.37. The number of ether oxygens (including phenoxy) is 1. The maximum atomic E-state index is 8.81. The van der Waals surface area contributed by atoms with Gasteiger partial charge in [-0.25, -0.2) is 0 Å². The quantitative estimate of drug-likeness (QED) is 0.712. The molecule has 0 bridgehead atoms. The lowest BCUT2D eigenvalue weighted by molar-refractivity contribution is 0.227. The number of rotatable bonds is 0. The third kappa shape index (κ3) is 1.49. The zero-order valence-corrected chi connectivity index (χ0v) is 8.38. The third-order valence-corrected chi connectivity index (χ3v) is 2.40. The summed E-state index contributed by atoms with van der Waals surface area (Å²) in [5, 5.41) is 12.6. The minimum absolute atomic E-state index is 0.00586. The molecule has 0 fully saturated rings. The first-order chi connectivity index (χ1) is 6.70. The summed E-state index contributed by atoms with van der Waals surface area (Å²) in [7, 11) is 0. The second-order valence-electron chi connectivity index (χ2n) is 3.24. The van der Waals surface area contributed by atoms with Crippen molar-refractivity contribution in [3.8, 4) is 11.8 Å². The van der Waals surface area contributed by atoms with Gasteiger partial charge in [-0.2, -0.15) is 5.26 Å². The number of halogens is 1. The molecule has 0 aromatic heterocycles. The molecule has 1 aliphatic rings. The third-order valence-electron chi connectivity index (χ3n) is 2.16. The molecule has 14 heavy (non-hydrogen) atoms. The minimum atomic E-state index is -0.457. The fraction of sp³-hybridized carbons (Fsp3) is 0.300. The molecule has 1 N–H and O–H groups in total. The van der Waals surface area contributed by atoms with Crippen LogP contribution in [0.1, 0.15) is 6.92 Å². The van der Waals surface area contributed by atoms with Crippen molar-refractivity contribution < 1.29 is 4.74 Å². The van der Waals surface area contributed by atoms with Crippen LogP contribution in [0.3, 0.4) is 0 Å². The van der Waals surface area contributed by atoms with E-state index in [1.165, 1.54) is 0 Å². The van der Waals surface area contributed by atoms with Crippen molar-refractivity contribution >= 4 is 17.3 Å². The summed E-state index contributed by atoms with van der Waals surface area (Å²) in [4.78, 5) is 0. The predicted molar refractivity (Wildman–Crippen MR) is 54.6 cm³/mol. The molecule has 1 aromatic carbocycles. The van der Waals surface area contributed by atoms with E-state index in [0.717, 1.165) is 5.69 Å².